The van der Waals surface area contributed by atoms with E-state index in [-0.39, 0.29) is 30.2 Å². The van der Waals surface area contributed by atoms with Crippen molar-refractivity contribution in [3.63, 3.8) is 0 Å². The maximum atomic E-state index is 13.2. The van der Waals surface area contributed by atoms with E-state index in [1.807, 2.05) is 60.7 Å². The Morgan fingerprint density at radius 3 is 2.37 bits per heavy atom. The van der Waals surface area contributed by atoms with Gasteiger partial charge in [-0.05, 0) is 131 Å². The average Bonchev–Trinajstić information content (AvgIpc) is 3.83. The van der Waals surface area contributed by atoms with Gasteiger partial charge in [0.15, 0.2) is 5.65 Å². The quantitative estimate of drug-likeness (QED) is 0.178. The highest BCUT2D eigenvalue weighted by Gasteiger charge is 2.39. The zero-order chi connectivity index (χ0) is 40.7. The molecule has 5 aromatic rings. The van der Waals surface area contributed by atoms with Crippen molar-refractivity contribution in [2.45, 2.75) is 76.0 Å². The zero-order valence-corrected chi connectivity index (χ0v) is 33.9. The Bertz CT molecular complexity index is 2390. The molecule has 3 aromatic carbocycles. The van der Waals surface area contributed by atoms with Gasteiger partial charge in [0.05, 0.1) is 11.4 Å². The highest BCUT2D eigenvalue weighted by Crippen LogP contribution is 2.37. The van der Waals surface area contributed by atoms with Crippen LogP contribution in [-0.4, -0.2) is 110 Å². The Labute approximate surface area is 349 Å². The molecule has 2 aromatic heterocycles. The minimum atomic E-state index is -0.590. The summed E-state index contributed by atoms with van der Waals surface area (Å²) >= 11 is 0. The molecule has 0 bridgehead atoms. The van der Waals surface area contributed by atoms with Gasteiger partial charge in [0.25, 0.3) is 5.91 Å². The van der Waals surface area contributed by atoms with E-state index in [1.54, 1.807) is 11.2 Å². The molecule has 5 aliphatic heterocycles. The maximum absolute atomic E-state index is 13.2. The second-order valence-corrected chi connectivity index (χ2v) is 17.2. The van der Waals surface area contributed by atoms with Crippen LogP contribution in [0.4, 0.5) is 11.5 Å². The van der Waals surface area contributed by atoms with Crippen molar-refractivity contribution in [2.75, 3.05) is 56.4 Å². The van der Waals surface area contributed by atoms with Gasteiger partial charge in [-0.1, -0.05) is 18.2 Å². The number of anilines is 2. The number of amides is 3. The number of benzene rings is 3. The molecule has 4 saturated heterocycles. The van der Waals surface area contributed by atoms with Crippen molar-refractivity contribution in [1.29, 1.82) is 0 Å². The van der Waals surface area contributed by atoms with Gasteiger partial charge in [0.2, 0.25) is 11.8 Å². The third kappa shape index (κ3) is 7.58. The second kappa shape index (κ2) is 16.3. The van der Waals surface area contributed by atoms with Crippen LogP contribution in [0.2, 0.25) is 0 Å². The standard InChI is InChI=1S/C46H52N10O4/c47-43-41-42(31-8-11-37(12-9-31)60-36-6-2-1-3-7-36)51-56(44(41)49-29-48-43)35-5-4-20-54(28-35)33-18-21-52(22-19-33)26-30-16-23-53(24-17-30)34-10-13-38-32(25-34)27-55(46(38)59)39-14-15-40(57)50-45(39)58/h1-3,6-13,25,29-30,33,35,39H,4-5,14-24,26-28H2,(H2,47,48,49)(H,50,57,58)/t35-,39?/m1/s1. The van der Waals surface area contributed by atoms with Gasteiger partial charge in [-0.3, -0.25) is 24.6 Å². The Hall–Kier alpha value is -5.86. The number of piperidine rings is 4. The van der Waals surface area contributed by atoms with Crippen LogP contribution in [0.15, 0.2) is 79.1 Å². The first-order chi connectivity index (χ1) is 29.3. The van der Waals surface area contributed by atoms with E-state index in [2.05, 4.69) is 41.8 Å². The summed E-state index contributed by atoms with van der Waals surface area (Å²) in [5.41, 5.74) is 11.8. The summed E-state index contributed by atoms with van der Waals surface area (Å²) in [6.07, 6.45) is 8.98. The molecule has 14 heteroatoms. The number of rotatable bonds is 9. The van der Waals surface area contributed by atoms with Crippen LogP contribution in [0.3, 0.4) is 0 Å². The van der Waals surface area contributed by atoms with Gasteiger partial charge in [-0.25, -0.2) is 14.6 Å². The van der Waals surface area contributed by atoms with E-state index in [1.165, 1.54) is 12.8 Å². The number of carbonyl (C=O) groups excluding carboxylic acids is 3. The van der Waals surface area contributed by atoms with E-state index < -0.39 is 6.04 Å². The predicted octanol–water partition coefficient (Wildman–Crippen LogP) is 5.65. The number of carbonyl (C=O) groups is 3. The van der Waals surface area contributed by atoms with Crippen LogP contribution >= 0.6 is 0 Å². The summed E-state index contributed by atoms with van der Waals surface area (Å²) in [7, 11) is 0. The molecular weight excluding hydrogens is 757 g/mol. The normalized spacial score (nSPS) is 22.4. The number of likely N-dealkylation sites (tertiary alicyclic amines) is 2. The number of nitrogen functional groups attached to an aromatic ring is 1. The van der Waals surface area contributed by atoms with E-state index in [0.29, 0.717) is 36.3 Å². The van der Waals surface area contributed by atoms with Gasteiger partial charge in [-0.15, -0.1) is 0 Å². The lowest BCUT2D eigenvalue weighted by atomic mass is 9.93. The number of hydrogen-bond acceptors (Lipinski definition) is 11. The number of imide groups is 1. The molecule has 14 nitrogen and oxygen atoms in total. The molecule has 0 aliphatic carbocycles. The largest absolute Gasteiger partial charge is 0.457 e. The summed E-state index contributed by atoms with van der Waals surface area (Å²) in [4.78, 5) is 55.9. The topological polar surface area (TPSA) is 155 Å². The lowest BCUT2D eigenvalue weighted by Crippen LogP contribution is -2.52. The fourth-order valence-electron chi connectivity index (χ4n) is 10.2. The minimum absolute atomic E-state index is 0.122. The fraction of sp³-hybridized carbons (Fsp3) is 0.435. The summed E-state index contributed by atoms with van der Waals surface area (Å²) in [5, 5.41) is 8.39. The molecule has 10 rings (SSSR count). The molecule has 7 heterocycles. The molecule has 60 heavy (non-hydrogen) atoms. The predicted molar refractivity (Wildman–Crippen MR) is 228 cm³/mol. The lowest BCUT2D eigenvalue weighted by molar-refractivity contribution is -0.136. The molecule has 1 unspecified atom stereocenters. The smallest absolute Gasteiger partial charge is 0.255 e. The van der Waals surface area contributed by atoms with Gasteiger partial charge in [0, 0.05) is 62.0 Å². The Balaban J connectivity index is 0.726. The Kier molecular flexibility index (Phi) is 10.4. The molecule has 2 atom stereocenters. The molecule has 0 saturated carbocycles. The molecule has 0 radical (unpaired) electrons. The third-order valence-corrected chi connectivity index (χ3v) is 13.5. The van der Waals surface area contributed by atoms with Crippen LogP contribution in [0.25, 0.3) is 22.3 Å². The van der Waals surface area contributed by atoms with Crippen LogP contribution in [0.1, 0.15) is 73.3 Å². The van der Waals surface area contributed by atoms with Crippen molar-refractivity contribution >= 4 is 40.3 Å². The van der Waals surface area contributed by atoms with Gasteiger partial charge in [-0.2, -0.15) is 5.10 Å². The van der Waals surface area contributed by atoms with E-state index >= 15 is 0 Å². The molecule has 0 spiro atoms. The first kappa shape index (κ1) is 38.3. The van der Waals surface area contributed by atoms with Crippen LogP contribution in [0, 0.1) is 5.92 Å². The van der Waals surface area contributed by atoms with Crippen molar-refractivity contribution in [3.05, 3.63) is 90.3 Å². The Morgan fingerprint density at radius 1 is 0.800 bits per heavy atom. The lowest BCUT2D eigenvalue weighted by Gasteiger charge is -2.43. The number of nitrogens with one attached hydrogen (secondary N) is 1. The van der Waals surface area contributed by atoms with Crippen molar-refractivity contribution in [3.8, 4) is 22.8 Å². The van der Waals surface area contributed by atoms with Gasteiger partial charge < -0.3 is 25.2 Å². The third-order valence-electron chi connectivity index (χ3n) is 13.5. The molecule has 310 valence electrons. The highest BCUT2D eigenvalue weighted by molar-refractivity contribution is 6.05. The number of hydrogen-bond donors (Lipinski definition) is 2. The fourth-order valence-corrected chi connectivity index (χ4v) is 10.2. The number of para-hydroxylation sites is 1. The molecule has 3 N–H and O–H groups in total. The summed E-state index contributed by atoms with van der Waals surface area (Å²) in [6.45, 7) is 7.84. The van der Waals surface area contributed by atoms with Gasteiger partial charge >= 0.3 is 0 Å². The number of fused-ring (bicyclic) bond motifs is 2. The van der Waals surface area contributed by atoms with E-state index in [4.69, 9.17) is 20.6 Å². The van der Waals surface area contributed by atoms with E-state index in [0.717, 1.165) is 117 Å². The molecule has 3 amide bonds. The van der Waals surface area contributed by atoms with Crippen molar-refractivity contribution in [2.24, 2.45) is 5.92 Å². The van der Waals surface area contributed by atoms with E-state index in [9.17, 15) is 14.4 Å². The summed E-state index contributed by atoms with van der Waals surface area (Å²) < 4.78 is 8.15. The van der Waals surface area contributed by atoms with Crippen LogP contribution in [0.5, 0.6) is 11.5 Å². The monoisotopic (exact) mass is 808 g/mol. The number of nitrogens with zero attached hydrogens (tertiary/aromatic N) is 8. The molecule has 5 aliphatic rings. The van der Waals surface area contributed by atoms with Crippen LogP contribution in [-0.2, 0) is 16.1 Å². The molecule has 4 fully saturated rings. The van der Waals surface area contributed by atoms with Crippen molar-refractivity contribution in [1.82, 2.24) is 39.8 Å². The number of nitrogens with two attached hydrogens (primary N) is 1. The molecular formula is C46H52N10O4. The Morgan fingerprint density at radius 2 is 1.58 bits per heavy atom. The van der Waals surface area contributed by atoms with Crippen LogP contribution < -0.4 is 20.7 Å². The SMILES string of the molecule is Nc1ncnc2c1c(-c1ccc(Oc3ccccc3)cc1)nn2[C@@H]1CCCN(C2CCN(CC3CCN(c4ccc5c(c4)CN(C4CCC(=O)NC4=O)C5=O)CC3)CC2)C1. The first-order valence-electron chi connectivity index (χ1n) is 21.7. The maximum Gasteiger partial charge on any atom is 0.255 e. The number of aromatic nitrogens is 4. The summed E-state index contributed by atoms with van der Waals surface area (Å²) in [6, 6.07) is 24.0. The minimum Gasteiger partial charge on any atom is -0.457 e. The first-order valence-corrected chi connectivity index (χ1v) is 21.7. The average molecular weight is 809 g/mol. The number of ether oxygens (including phenoxy) is 1. The second-order valence-electron chi connectivity index (χ2n) is 17.2. The van der Waals surface area contributed by atoms with Crippen molar-refractivity contribution < 1.29 is 19.1 Å². The van der Waals surface area contributed by atoms with Gasteiger partial charge in [0.1, 0.15) is 35.4 Å². The summed E-state index contributed by atoms with van der Waals surface area (Å²) in [5.74, 6) is 1.90. The zero-order valence-electron chi connectivity index (χ0n) is 33.9. The highest BCUT2D eigenvalue weighted by atomic mass is 16.5.